The maximum absolute atomic E-state index is 13.0. The van der Waals surface area contributed by atoms with E-state index in [9.17, 15) is 14.7 Å². The number of nitrogens with zero attached hydrogens (tertiary/aromatic N) is 3. The lowest BCUT2D eigenvalue weighted by Crippen LogP contribution is -2.42. The molecule has 1 amide bonds. The number of amides is 1. The Morgan fingerprint density at radius 1 is 1.19 bits per heavy atom. The highest BCUT2D eigenvalue weighted by Gasteiger charge is 2.46. The lowest BCUT2D eigenvalue weighted by Gasteiger charge is -2.30. The van der Waals surface area contributed by atoms with Crippen molar-refractivity contribution in [2.24, 2.45) is 0 Å². The third kappa shape index (κ3) is 4.30. The number of carbonyl (C=O) groups excluding carboxylic acids is 2. The van der Waals surface area contributed by atoms with Gasteiger partial charge >= 0.3 is 0 Å². The Hall–Kier alpha value is -3.23. The van der Waals surface area contributed by atoms with Gasteiger partial charge in [-0.15, -0.1) is 0 Å². The largest absolute Gasteiger partial charge is 0.507 e. The first-order chi connectivity index (χ1) is 15.1. The molecule has 3 heterocycles. The van der Waals surface area contributed by atoms with Gasteiger partial charge in [-0.1, -0.05) is 18.2 Å². The topological polar surface area (TPSA) is 92.2 Å². The van der Waals surface area contributed by atoms with Crippen LogP contribution in [0.1, 0.15) is 17.2 Å². The molecule has 1 aromatic carbocycles. The molecule has 2 aliphatic heterocycles. The lowest BCUT2D eigenvalue weighted by molar-refractivity contribution is -0.140. The molecule has 31 heavy (non-hydrogen) atoms. The minimum atomic E-state index is -0.707. The van der Waals surface area contributed by atoms with Crippen molar-refractivity contribution < 1.29 is 24.2 Å². The van der Waals surface area contributed by atoms with Gasteiger partial charge in [-0.3, -0.25) is 19.5 Å². The summed E-state index contributed by atoms with van der Waals surface area (Å²) in [6, 6.07) is 9.64. The van der Waals surface area contributed by atoms with Crippen molar-refractivity contribution >= 4 is 17.4 Å². The van der Waals surface area contributed by atoms with Crippen LogP contribution in [0.15, 0.2) is 54.4 Å². The molecule has 0 radical (unpaired) electrons. The molecular weight excluding hydrogens is 398 g/mol. The minimum Gasteiger partial charge on any atom is -0.507 e. The predicted octanol–water partition coefficient (Wildman–Crippen LogP) is 1.84. The zero-order valence-electron chi connectivity index (χ0n) is 17.4. The van der Waals surface area contributed by atoms with Gasteiger partial charge in [0.25, 0.3) is 11.7 Å². The molecular formula is C23H25N3O5. The van der Waals surface area contributed by atoms with Crippen LogP contribution in [0, 0.1) is 0 Å². The molecule has 162 valence electrons. The Kier molecular flexibility index (Phi) is 6.29. The highest BCUT2D eigenvalue weighted by molar-refractivity contribution is 6.46. The molecule has 0 aliphatic carbocycles. The first kappa shape index (κ1) is 21.0. The molecule has 2 fully saturated rings. The summed E-state index contributed by atoms with van der Waals surface area (Å²) in [5.41, 5.74) is 1.15. The van der Waals surface area contributed by atoms with E-state index >= 15 is 0 Å². The van der Waals surface area contributed by atoms with Gasteiger partial charge in [0.05, 0.1) is 31.9 Å². The number of aliphatic hydroxyl groups excluding tert-OH is 1. The van der Waals surface area contributed by atoms with Crippen molar-refractivity contribution in [1.29, 1.82) is 0 Å². The van der Waals surface area contributed by atoms with Crippen molar-refractivity contribution in [3.63, 3.8) is 0 Å². The summed E-state index contributed by atoms with van der Waals surface area (Å²) < 4.78 is 10.6. The van der Waals surface area contributed by atoms with Crippen LogP contribution >= 0.6 is 0 Å². The Balaban J connectivity index is 1.72. The quantitative estimate of drug-likeness (QED) is 0.431. The van der Waals surface area contributed by atoms with E-state index < -0.39 is 17.7 Å². The molecule has 2 aromatic rings. The summed E-state index contributed by atoms with van der Waals surface area (Å²) in [6.07, 6.45) is 3.25. The fraction of sp³-hybridized carbons (Fsp3) is 0.348. The smallest absolute Gasteiger partial charge is 0.295 e. The monoisotopic (exact) mass is 423 g/mol. The van der Waals surface area contributed by atoms with E-state index in [1.54, 1.807) is 42.7 Å². The molecule has 0 saturated carbocycles. The summed E-state index contributed by atoms with van der Waals surface area (Å²) in [6.45, 7) is 3.85. The number of carbonyl (C=O) groups is 2. The second-order valence-corrected chi connectivity index (χ2v) is 7.46. The first-order valence-electron chi connectivity index (χ1n) is 10.2. The van der Waals surface area contributed by atoms with E-state index in [2.05, 4.69) is 9.88 Å². The van der Waals surface area contributed by atoms with Gasteiger partial charge in [-0.2, -0.15) is 0 Å². The van der Waals surface area contributed by atoms with Crippen molar-refractivity contribution in [2.75, 3.05) is 46.5 Å². The van der Waals surface area contributed by atoms with Crippen molar-refractivity contribution in [3.05, 3.63) is 65.5 Å². The molecule has 2 aliphatic rings. The second kappa shape index (κ2) is 9.28. The van der Waals surface area contributed by atoms with Crippen molar-refractivity contribution in [2.45, 2.75) is 6.04 Å². The number of pyridine rings is 1. The minimum absolute atomic E-state index is 0.0632. The van der Waals surface area contributed by atoms with Crippen LogP contribution in [0.5, 0.6) is 5.75 Å². The van der Waals surface area contributed by atoms with Gasteiger partial charge in [-0.25, -0.2) is 0 Å². The van der Waals surface area contributed by atoms with Gasteiger partial charge in [-0.05, 0) is 23.8 Å². The molecule has 2 saturated heterocycles. The van der Waals surface area contributed by atoms with E-state index in [1.165, 1.54) is 12.0 Å². The molecule has 1 aromatic heterocycles. The Labute approximate surface area is 180 Å². The number of ether oxygens (including phenoxy) is 2. The number of benzene rings is 1. The number of hydrogen-bond acceptors (Lipinski definition) is 7. The molecule has 4 rings (SSSR count). The SMILES string of the molecule is COc1cccc(C(O)=C2C(=O)C(=O)N(CCN3CCOCC3)C2c2cccnc2)c1. The average molecular weight is 423 g/mol. The zero-order chi connectivity index (χ0) is 21.8. The third-order valence-electron chi connectivity index (χ3n) is 5.64. The number of aromatic nitrogens is 1. The maximum atomic E-state index is 13.0. The zero-order valence-corrected chi connectivity index (χ0v) is 17.4. The molecule has 1 N–H and O–H groups in total. The Morgan fingerprint density at radius 3 is 2.71 bits per heavy atom. The number of morpholine rings is 1. The Morgan fingerprint density at radius 2 is 2.00 bits per heavy atom. The number of ketones is 1. The fourth-order valence-electron chi connectivity index (χ4n) is 3.99. The number of methoxy groups -OCH3 is 1. The summed E-state index contributed by atoms with van der Waals surface area (Å²) in [5, 5.41) is 11.1. The van der Waals surface area contributed by atoms with Crippen LogP contribution in [0.25, 0.3) is 5.76 Å². The highest BCUT2D eigenvalue weighted by Crippen LogP contribution is 2.39. The third-order valence-corrected chi connectivity index (χ3v) is 5.64. The molecule has 1 atom stereocenters. The number of aliphatic hydroxyl groups is 1. The van der Waals surface area contributed by atoms with E-state index in [4.69, 9.17) is 9.47 Å². The number of Topliss-reactive ketones (excluding diaryl/α,β-unsaturated/α-hetero) is 1. The number of likely N-dealkylation sites (tertiary alicyclic amines) is 1. The summed E-state index contributed by atoms with van der Waals surface area (Å²) in [4.78, 5) is 33.9. The predicted molar refractivity (Wildman–Crippen MR) is 113 cm³/mol. The summed E-state index contributed by atoms with van der Waals surface area (Å²) in [7, 11) is 1.53. The normalized spacial score (nSPS) is 21.5. The average Bonchev–Trinajstić information content (AvgIpc) is 3.08. The first-order valence-corrected chi connectivity index (χ1v) is 10.2. The van der Waals surface area contributed by atoms with Gasteiger partial charge in [0.1, 0.15) is 11.5 Å². The summed E-state index contributed by atoms with van der Waals surface area (Å²) in [5.74, 6) is -0.994. The molecule has 8 nitrogen and oxygen atoms in total. The molecule has 1 unspecified atom stereocenters. The van der Waals surface area contributed by atoms with Gasteiger partial charge in [0, 0.05) is 44.1 Å². The van der Waals surface area contributed by atoms with Crippen LogP contribution in [0.4, 0.5) is 0 Å². The standard InChI is InChI=1S/C23H25N3O5/c1-30-18-6-2-4-16(14-18)21(27)19-20(17-5-3-7-24-15-17)26(23(29)22(19)28)9-8-25-10-12-31-13-11-25/h2-7,14-15,20,27H,8-13H2,1H3. The highest BCUT2D eigenvalue weighted by atomic mass is 16.5. The van der Waals surface area contributed by atoms with Crippen LogP contribution in [0.3, 0.4) is 0 Å². The molecule has 8 heteroatoms. The number of hydrogen-bond donors (Lipinski definition) is 1. The molecule has 0 bridgehead atoms. The van der Waals surface area contributed by atoms with E-state index in [-0.39, 0.29) is 11.3 Å². The van der Waals surface area contributed by atoms with Crippen LogP contribution in [0.2, 0.25) is 0 Å². The number of rotatable bonds is 6. The van der Waals surface area contributed by atoms with E-state index in [0.29, 0.717) is 43.2 Å². The van der Waals surface area contributed by atoms with Crippen molar-refractivity contribution in [1.82, 2.24) is 14.8 Å². The Bertz CT molecular complexity index is 986. The summed E-state index contributed by atoms with van der Waals surface area (Å²) >= 11 is 0. The lowest BCUT2D eigenvalue weighted by atomic mass is 9.96. The van der Waals surface area contributed by atoms with E-state index in [1.807, 2.05) is 6.07 Å². The maximum Gasteiger partial charge on any atom is 0.295 e. The van der Waals surface area contributed by atoms with E-state index in [0.717, 1.165) is 13.1 Å². The van der Waals surface area contributed by atoms with Crippen LogP contribution in [-0.4, -0.2) is 78.1 Å². The van der Waals surface area contributed by atoms with Gasteiger partial charge in [0.2, 0.25) is 0 Å². The van der Waals surface area contributed by atoms with Gasteiger partial charge in [0.15, 0.2) is 0 Å². The second-order valence-electron chi connectivity index (χ2n) is 7.46. The fourth-order valence-corrected chi connectivity index (χ4v) is 3.99. The molecule has 0 spiro atoms. The van der Waals surface area contributed by atoms with Crippen LogP contribution < -0.4 is 4.74 Å². The van der Waals surface area contributed by atoms with Gasteiger partial charge < -0.3 is 19.5 Å². The van der Waals surface area contributed by atoms with Crippen LogP contribution in [-0.2, 0) is 14.3 Å². The van der Waals surface area contributed by atoms with Crippen molar-refractivity contribution in [3.8, 4) is 5.75 Å².